The Hall–Kier alpha value is -2.76. The van der Waals surface area contributed by atoms with E-state index in [0.717, 1.165) is 5.69 Å². The maximum absolute atomic E-state index is 12.5. The lowest BCUT2D eigenvalue weighted by molar-refractivity contribution is 0.102. The normalized spacial score (nSPS) is 10.4. The van der Waals surface area contributed by atoms with Gasteiger partial charge in [-0.15, -0.1) is 0 Å². The van der Waals surface area contributed by atoms with Crippen LogP contribution in [0.5, 0.6) is 11.5 Å². The molecule has 0 aliphatic rings. The average Bonchev–Trinajstić information content (AvgIpc) is 2.67. The maximum Gasteiger partial charge on any atom is 0.256 e. The number of nitrogens with zero attached hydrogens (tertiary/aromatic N) is 1. The molecular formula is C21H18Cl2N2O3. The highest BCUT2D eigenvalue weighted by Crippen LogP contribution is 2.31. The predicted octanol–water partition coefficient (Wildman–Crippen LogP) is 5.54. The van der Waals surface area contributed by atoms with Crippen LogP contribution in [0.2, 0.25) is 10.0 Å². The first kappa shape index (κ1) is 20.0. The van der Waals surface area contributed by atoms with Gasteiger partial charge < -0.3 is 14.8 Å². The van der Waals surface area contributed by atoms with Gasteiger partial charge in [0.1, 0.15) is 12.4 Å². The number of anilines is 1. The minimum absolute atomic E-state index is 0.174. The Morgan fingerprint density at radius 2 is 1.75 bits per heavy atom. The van der Waals surface area contributed by atoms with Gasteiger partial charge in [0.15, 0.2) is 11.5 Å². The van der Waals surface area contributed by atoms with E-state index < -0.39 is 0 Å². The molecule has 1 heterocycles. The van der Waals surface area contributed by atoms with Crippen LogP contribution >= 0.6 is 23.2 Å². The van der Waals surface area contributed by atoms with Gasteiger partial charge >= 0.3 is 0 Å². The van der Waals surface area contributed by atoms with Crippen LogP contribution in [0.25, 0.3) is 0 Å². The Balaban J connectivity index is 1.75. The van der Waals surface area contributed by atoms with E-state index in [0.29, 0.717) is 38.5 Å². The van der Waals surface area contributed by atoms with Crippen LogP contribution in [0.15, 0.2) is 54.6 Å². The van der Waals surface area contributed by atoms with Crippen LogP contribution in [-0.4, -0.2) is 18.0 Å². The van der Waals surface area contributed by atoms with Crippen molar-refractivity contribution in [3.63, 3.8) is 0 Å². The number of rotatable bonds is 6. The Morgan fingerprint density at radius 1 is 1.04 bits per heavy atom. The van der Waals surface area contributed by atoms with E-state index in [1.165, 1.54) is 7.11 Å². The topological polar surface area (TPSA) is 60.5 Å². The van der Waals surface area contributed by atoms with E-state index >= 15 is 0 Å². The fourth-order valence-electron chi connectivity index (χ4n) is 2.55. The van der Waals surface area contributed by atoms with Gasteiger partial charge in [0.2, 0.25) is 0 Å². The van der Waals surface area contributed by atoms with Crippen molar-refractivity contribution >= 4 is 34.9 Å². The fraction of sp³-hybridized carbons (Fsp3) is 0.143. The van der Waals surface area contributed by atoms with Crippen LogP contribution in [0.3, 0.4) is 0 Å². The molecule has 0 aliphatic heterocycles. The minimum atomic E-state index is -0.294. The monoisotopic (exact) mass is 416 g/mol. The average molecular weight is 417 g/mol. The van der Waals surface area contributed by atoms with Crippen molar-refractivity contribution in [2.75, 3.05) is 12.4 Å². The zero-order valence-electron chi connectivity index (χ0n) is 15.3. The van der Waals surface area contributed by atoms with Gasteiger partial charge in [-0.3, -0.25) is 4.79 Å². The maximum atomic E-state index is 12.5. The molecule has 3 aromatic rings. The highest BCUT2D eigenvalue weighted by Gasteiger charge is 2.13. The van der Waals surface area contributed by atoms with Crippen LogP contribution in [-0.2, 0) is 6.61 Å². The molecule has 0 bridgehead atoms. The van der Waals surface area contributed by atoms with E-state index in [-0.39, 0.29) is 12.5 Å². The minimum Gasteiger partial charge on any atom is -0.493 e. The van der Waals surface area contributed by atoms with Crippen LogP contribution in [0.4, 0.5) is 5.82 Å². The molecule has 0 fully saturated rings. The van der Waals surface area contributed by atoms with Crippen LogP contribution in [0.1, 0.15) is 21.6 Å². The Bertz CT molecular complexity index is 988. The number of amides is 1. The lowest BCUT2D eigenvalue weighted by atomic mass is 10.2. The first-order valence-electron chi connectivity index (χ1n) is 8.46. The van der Waals surface area contributed by atoms with Gasteiger partial charge in [-0.2, -0.15) is 0 Å². The van der Waals surface area contributed by atoms with Crippen molar-refractivity contribution < 1.29 is 14.3 Å². The van der Waals surface area contributed by atoms with E-state index in [1.54, 1.807) is 42.5 Å². The zero-order chi connectivity index (χ0) is 20.1. The second kappa shape index (κ2) is 8.95. The Labute approximate surface area is 173 Å². The summed E-state index contributed by atoms with van der Waals surface area (Å²) in [5, 5.41) is 3.80. The van der Waals surface area contributed by atoms with Gasteiger partial charge in [-0.25, -0.2) is 4.98 Å². The number of methoxy groups -OCH3 is 1. The lowest BCUT2D eigenvalue weighted by Gasteiger charge is -2.13. The molecule has 0 aliphatic carbocycles. The van der Waals surface area contributed by atoms with E-state index in [9.17, 15) is 4.79 Å². The molecular weight excluding hydrogens is 399 g/mol. The molecule has 2 aromatic carbocycles. The molecule has 7 heteroatoms. The van der Waals surface area contributed by atoms with Crippen molar-refractivity contribution in [3.8, 4) is 11.5 Å². The molecule has 0 saturated heterocycles. The number of halogens is 2. The third-order valence-electron chi connectivity index (χ3n) is 3.99. The summed E-state index contributed by atoms with van der Waals surface area (Å²) in [5.41, 5.74) is 1.92. The number of benzene rings is 2. The number of nitrogens with one attached hydrogen (secondary N) is 1. The molecule has 144 valence electrons. The molecule has 3 rings (SSSR count). The third kappa shape index (κ3) is 4.74. The van der Waals surface area contributed by atoms with E-state index in [2.05, 4.69) is 10.3 Å². The molecule has 5 nitrogen and oxygen atoms in total. The molecule has 0 radical (unpaired) electrons. The Kier molecular flexibility index (Phi) is 6.39. The van der Waals surface area contributed by atoms with Crippen LogP contribution < -0.4 is 14.8 Å². The number of pyridine rings is 1. The second-order valence-electron chi connectivity index (χ2n) is 5.97. The highest BCUT2D eigenvalue weighted by atomic mass is 35.5. The van der Waals surface area contributed by atoms with Crippen molar-refractivity contribution in [1.82, 2.24) is 4.98 Å². The molecule has 0 saturated carbocycles. The molecule has 28 heavy (non-hydrogen) atoms. The third-order valence-corrected chi connectivity index (χ3v) is 4.70. The Morgan fingerprint density at radius 3 is 2.43 bits per heavy atom. The molecule has 1 amide bonds. The van der Waals surface area contributed by atoms with Crippen molar-refractivity contribution in [2.45, 2.75) is 13.5 Å². The number of aromatic nitrogens is 1. The predicted molar refractivity (Wildman–Crippen MR) is 111 cm³/mol. The molecule has 1 aromatic heterocycles. The summed E-state index contributed by atoms with van der Waals surface area (Å²) in [6.45, 7) is 2.03. The summed E-state index contributed by atoms with van der Waals surface area (Å²) < 4.78 is 11.2. The number of aryl methyl sites for hydroxylation is 1. The van der Waals surface area contributed by atoms with E-state index in [1.807, 2.05) is 19.1 Å². The summed E-state index contributed by atoms with van der Waals surface area (Å²) in [7, 11) is 1.51. The van der Waals surface area contributed by atoms with E-state index in [4.69, 9.17) is 32.7 Å². The summed E-state index contributed by atoms with van der Waals surface area (Å²) in [4.78, 5) is 16.8. The summed E-state index contributed by atoms with van der Waals surface area (Å²) in [6.07, 6.45) is 0. The van der Waals surface area contributed by atoms with Crippen molar-refractivity contribution in [2.24, 2.45) is 0 Å². The molecule has 0 spiro atoms. The summed E-state index contributed by atoms with van der Waals surface area (Å²) >= 11 is 12.3. The second-order valence-corrected chi connectivity index (χ2v) is 6.79. The number of hydrogen-bond acceptors (Lipinski definition) is 4. The first-order valence-corrected chi connectivity index (χ1v) is 9.22. The van der Waals surface area contributed by atoms with Crippen molar-refractivity contribution in [1.29, 1.82) is 0 Å². The molecule has 1 N–H and O–H groups in total. The molecule has 0 atom stereocenters. The first-order chi connectivity index (χ1) is 13.5. The van der Waals surface area contributed by atoms with Crippen molar-refractivity contribution in [3.05, 3.63) is 81.5 Å². The number of ether oxygens (including phenoxy) is 2. The van der Waals surface area contributed by atoms with Gasteiger partial charge in [0.25, 0.3) is 5.91 Å². The SMILES string of the molecule is COc1cc(C(=O)Nc2cccc(C)n2)ccc1OCc1c(Cl)cccc1Cl. The van der Waals surface area contributed by atoms with Gasteiger partial charge in [-0.05, 0) is 49.4 Å². The van der Waals surface area contributed by atoms with Gasteiger partial charge in [0, 0.05) is 26.9 Å². The zero-order valence-corrected chi connectivity index (χ0v) is 16.8. The summed E-state index contributed by atoms with van der Waals surface area (Å²) in [5.74, 6) is 1.09. The van der Waals surface area contributed by atoms with Gasteiger partial charge in [0.05, 0.1) is 7.11 Å². The highest BCUT2D eigenvalue weighted by molar-refractivity contribution is 6.35. The lowest BCUT2D eigenvalue weighted by Crippen LogP contribution is -2.13. The summed E-state index contributed by atoms with van der Waals surface area (Å²) in [6, 6.07) is 15.6. The standard InChI is InChI=1S/C21H18Cl2N2O3/c1-13-5-3-8-20(24-13)25-21(26)14-9-10-18(19(11-14)27-2)28-12-15-16(22)6-4-7-17(15)23/h3-11H,12H2,1-2H3,(H,24,25,26). The largest absolute Gasteiger partial charge is 0.493 e. The molecule has 0 unspecified atom stereocenters. The van der Waals surface area contributed by atoms with Crippen LogP contribution in [0, 0.1) is 6.92 Å². The fourth-order valence-corrected chi connectivity index (χ4v) is 3.06. The van der Waals surface area contributed by atoms with Gasteiger partial charge in [-0.1, -0.05) is 35.3 Å². The number of hydrogen-bond donors (Lipinski definition) is 1. The number of carbonyl (C=O) groups excluding carboxylic acids is 1. The quantitative estimate of drug-likeness (QED) is 0.573. The number of carbonyl (C=O) groups is 1. The smallest absolute Gasteiger partial charge is 0.256 e.